The molecular weight excluding hydrogens is 179 g/mol. The third-order valence-electron chi connectivity index (χ3n) is 1.29. The summed E-state index contributed by atoms with van der Waals surface area (Å²) in [6.45, 7) is 0. The smallest absolute Gasteiger partial charge is 0.223 e. The van der Waals surface area contributed by atoms with Gasteiger partial charge >= 0.3 is 0 Å². The molecule has 1 heterocycles. The number of nitrogens with zero attached hydrogens (tertiary/aromatic N) is 1. The normalized spacial score (nSPS) is 9.83. The van der Waals surface area contributed by atoms with Gasteiger partial charge in [-0.3, -0.25) is 4.79 Å². The molecule has 0 bridgehead atoms. The van der Waals surface area contributed by atoms with Crippen LogP contribution in [0.1, 0.15) is 10.4 Å². The van der Waals surface area contributed by atoms with Crippen molar-refractivity contribution in [3.8, 4) is 0 Å². The Labute approximate surface area is 75.2 Å². The van der Waals surface area contributed by atoms with Crippen molar-refractivity contribution >= 4 is 25.2 Å². The van der Waals surface area contributed by atoms with E-state index >= 15 is 0 Å². The molecule has 0 unspecified atom stereocenters. The predicted octanol–water partition coefficient (Wildman–Crippen LogP) is 1.64. The van der Waals surface area contributed by atoms with Crippen molar-refractivity contribution in [3.63, 3.8) is 0 Å². The molecule has 0 atom stereocenters. The molecule has 2 nitrogen and oxygen atoms in total. The molecule has 0 aliphatic rings. The Kier molecular flexibility index (Phi) is 2.81. The lowest BCUT2D eigenvalue weighted by Gasteiger charge is -1.98. The first-order chi connectivity index (χ1) is 5.65. The number of aromatic nitrogens is 1. The molecule has 5 heteroatoms. The van der Waals surface area contributed by atoms with E-state index < -0.39 is 11.7 Å². The van der Waals surface area contributed by atoms with Crippen LogP contribution in [0.3, 0.4) is 0 Å². The van der Waals surface area contributed by atoms with Gasteiger partial charge in [-0.1, -0.05) is 11.6 Å². The van der Waals surface area contributed by atoms with Gasteiger partial charge in [-0.25, -0.2) is 4.98 Å². The van der Waals surface area contributed by atoms with Gasteiger partial charge in [0.25, 0.3) is 0 Å². The van der Waals surface area contributed by atoms with Gasteiger partial charge in [0.1, 0.15) is 0 Å². The Morgan fingerprint density at radius 1 is 1.75 bits per heavy atom. The van der Waals surface area contributed by atoms with Crippen molar-refractivity contribution in [3.05, 3.63) is 28.8 Å². The van der Waals surface area contributed by atoms with Gasteiger partial charge in [0.2, 0.25) is 5.95 Å². The van der Waals surface area contributed by atoms with Crippen LogP contribution < -0.4 is 0 Å². The average molecular weight is 183 g/mol. The van der Waals surface area contributed by atoms with Gasteiger partial charge in [0.05, 0.1) is 18.4 Å². The first kappa shape index (κ1) is 9.19. The Morgan fingerprint density at radius 2 is 2.42 bits per heavy atom. The van der Waals surface area contributed by atoms with E-state index in [-0.39, 0.29) is 16.9 Å². The van der Waals surface area contributed by atoms with E-state index in [0.717, 1.165) is 6.20 Å². The number of ketones is 1. The molecule has 1 aromatic heterocycles. The van der Waals surface area contributed by atoms with Gasteiger partial charge in [0, 0.05) is 6.20 Å². The van der Waals surface area contributed by atoms with Crippen molar-refractivity contribution in [1.29, 1.82) is 0 Å². The quantitative estimate of drug-likeness (QED) is 0.396. The maximum atomic E-state index is 12.8. The molecule has 1 aromatic rings. The molecule has 60 valence electrons. The van der Waals surface area contributed by atoms with E-state index in [1.54, 1.807) is 0 Å². The topological polar surface area (TPSA) is 30.0 Å². The molecule has 2 radical (unpaired) electrons. The molecule has 0 saturated heterocycles. The summed E-state index contributed by atoms with van der Waals surface area (Å²) >= 11 is 5.50. The summed E-state index contributed by atoms with van der Waals surface area (Å²) in [5, 5.41) is 0.216. The van der Waals surface area contributed by atoms with Crippen molar-refractivity contribution < 1.29 is 9.18 Å². The molecule has 1 rings (SSSR count). The second-order valence-electron chi connectivity index (χ2n) is 2.12. The highest BCUT2D eigenvalue weighted by molar-refractivity contribution is 6.31. The Balaban J connectivity index is 3.13. The summed E-state index contributed by atoms with van der Waals surface area (Å²) in [4.78, 5) is 14.2. The fourth-order valence-corrected chi connectivity index (χ4v) is 0.886. The number of carbonyl (C=O) groups is 1. The fourth-order valence-electron chi connectivity index (χ4n) is 0.728. The van der Waals surface area contributed by atoms with Gasteiger partial charge in [-0.2, -0.15) is 4.39 Å². The van der Waals surface area contributed by atoms with E-state index in [9.17, 15) is 9.18 Å². The van der Waals surface area contributed by atoms with Gasteiger partial charge in [-0.15, -0.1) is 0 Å². The maximum Gasteiger partial charge on any atom is 0.223 e. The van der Waals surface area contributed by atoms with E-state index in [0.29, 0.717) is 0 Å². The van der Waals surface area contributed by atoms with E-state index in [4.69, 9.17) is 19.4 Å². The third-order valence-corrected chi connectivity index (χ3v) is 1.50. The minimum Gasteiger partial charge on any atom is -0.295 e. The number of Topliss-reactive ketones (excluding diaryl/α,β-unsaturated/α-hetero) is 1. The summed E-state index contributed by atoms with van der Waals surface area (Å²) in [7, 11) is 5.04. The molecule has 12 heavy (non-hydrogen) atoms. The molecular formula is C7H4BClFNO. The lowest BCUT2D eigenvalue weighted by molar-refractivity contribution is 0.101. The highest BCUT2D eigenvalue weighted by atomic mass is 35.5. The average Bonchev–Trinajstić information content (AvgIpc) is 2.08. The first-order valence-electron chi connectivity index (χ1n) is 3.19. The second kappa shape index (κ2) is 3.67. The molecule has 0 aromatic carbocycles. The zero-order chi connectivity index (χ0) is 9.14. The first-order valence-corrected chi connectivity index (χ1v) is 3.57. The summed E-state index contributed by atoms with van der Waals surface area (Å²) in [5.41, 5.74) is -0.162. The van der Waals surface area contributed by atoms with Crippen molar-refractivity contribution in [2.75, 3.05) is 0 Å². The number of hydrogen-bond donors (Lipinski definition) is 0. The number of rotatable bonds is 2. The van der Waals surface area contributed by atoms with Gasteiger partial charge < -0.3 is 0 Å². The van der Waals surface area contributed by atoms with Crippen LogP contribution in [0.4, 0.5) is 4.39 Å². The van der Waals surface area contributed by atoms with Crippen LogP contribution >= 0.6 is 11.6 Å². The molecule has 0 amide bonds. The molecule has 0 aliphatic heterocycles. The zero-order valence-corrected chi connectivity index (χ0v) is 6.81. The summed E-state index contributed by atoms with van der Waals surface area (Å²) in [6.07, 6.45) is 0.878. The highest BCUT2D eigenvalue weighted by Gasteiger charge is 2.10. The number of hydrogen-bond acceptors (Lipinski definition) is 2. The third kappa shape index (κ3) is 1.82. The minimum atomic E-state index is -0.838. The highest BCUT2D eigenvalue weighted by Crippen LogP contribution is 2.13. The van der Waals surface area contributed by atoms with Crippen LogP contribution in [0.25, 0.3) is 0 Å². The minimum absolute atomic E-state index is 0.162. The summed E-state index contributed by atoms with van der Waals surface area (Å²) in [6, 6.07) is 1.21. The Morgan fingerprint density at radius 3 is 3.00 bits per heavy atom. The molecule has 0 N–H and O–H groups in total. The number of halogens is 2. The predicted molar refractivity (Wildman–Crippen MR) is 44.1 cm³/mol. The lowest BCUT2D eigenvalue weighted by atomic mass is 9.97. The van der Waals surface area contributed by atoms with Crippen LogP contribution in [0.5, 0.6) is 0 Å². The van der Waals surface area contributed by atoms with Crippen molar-refractivity contribution in [2.24, 2.45) is 0 Å². The van der Waals surface area contributed by atoms with Crippen molar-refractivity contribution in [1.82, 2.24) is 4.98 Å². The largest absolute Gasteiger partial charge is 0.295 e. The van der Waals surface area contributed by atoms with E-state index in [1.165, 1.54) is 6.07 Å². The lowest BCUT2D eigenvalue weighted by Crippen LogP contribution is -2.02. The number of carbonyl (C=O) groups excluding carboxylic acids is 1. The molecule has 0 spiro atoms. The van der Waals surface area contributed by atoms with Crippen LogP contribution in [-0.4, -0.2) is 18.6 Å². The van der Waals surface area contributed by atoms with Gasteiger partial charge in [-0.05, 0) is 12.4 Å². The molecule has 0 aliphatic carbocycles. The van der Waals surface area contributed by atoms with Gasteiger partial charge in [0.15, 0.2) is 5.78 Å². The van der Waals surface area contributed by atoms with Crippen LogP contribution in [0.2, 0.25) is 11.3 Å². The SMILES string of the molecule is [B]CC(=O)c1cc(Cl)cnc1F. The summed E-state index contributed by atoms with van der Waals surface area (Å²) < 4.78 is 12.8. The fraction of sp³-hybridized carbons (Fsp3) is 0.143. The van der Waals surface area contributed by atoms with E-state index in [1.807, 2.05) is 0 Å². The van der Waals surface area contributed by atoms with Crippen molar-refractivity contribution in [2.45, 2.75) is 6.32 Å². The van der Waals surface area contributed by atoms with Crippen LogP contribution in [0, 0.1) is 5.95 Å². The van der Waals surface area contributed by atoms with E-state index in [2.05, 4.69) is 4.98 Å². The number of pyridine rings is 1. The van der Waals surface area contributed by atoms with Crippen LogP contribution in [0.15, 0.2) is 12.3 Å². The standard InChI is InChI=1S/C7H4BClFNO/c8-2-6(12)5-1-4(9)3-11-7(5)10/h1,3H,2H2. The molecule has 0 fully saturated rings. The monoisotopic (exact) mass is 183 g/mol. The zero-order valence-electron chi connectivity index (χ0n) is 6.05. The molecule has 0 saturated carbocycles. The Bertz CT molecular complexity index is 318. The second-order valence-corrected chi connectivity index (χ2v) is 2.56. The summed E-state index contributed by atoms with van der Waals surface area (Å²) in [5.74, 6) is -1.35. The maximum absolute atomic E-state index is 12.8. The van der Waals surface area contributed by atoms with Crippen LogP contribution in [-0.2, 0) is 0 Å². The Hall–Kier alpha value is -0.895.